The van der Waals surface area contributed by atoms with Gasteiger partial charge < -0.3 is 10.1 Å². The lowest BCUT2D eigenvalue weighted by molar-refractivity contribution is -0.148. The normalized spacial score (nSPS) is 35.3. The van der Waals surface area contributed by atoms with Gasteiger partial charge in [-0.2, -0.15) is 5.10 Å². The molecule has 1 unspecified atom stereocenters. The Morgan fingerprint density at radius 3 is 2.36 bits per heavy atom. The largest absolute Gasteiger partial charge is 0.466 e. The van der Waals surface area contributed by atoms with Crippen LogP contribution in [0.2, 0.25) is 0 Å². The van der Waals surface area contributed by atoms with E-state index in [9.17, 15) is 9.59 Å². The van der Waals surface area contributed by atoms with Gasteiger partial charge in [-0.25, -0.2) is 0 Å². The molecule has 6 heteroatoms. The first-order valence-corrected chi connectivity index (χ1v) is 13.7. The minimum atomic E-state index is -0.158. The highest BCUT2D eigenvalue weighted by molar-refractivity contribution is 5.94. The second-order valence-electron chi connectivity index (χ2n) is 11.6. The highest BCUT2D eigenvalue weighted by Gasteiger charge is 2.49. The minimum absolute atomic E-state index is 0.00258. The number of esters is 1. The Morgan fingerprint density at radius 2 is 1.70 bits per heavy atom. The molecule has 1 atom stereocenters. The Morgan fingerprint density at radius 1 is 1.00 bits per heavy atom. The van der Waals surface area contributed by atoms with Crippen molar-refractivity contribution in [1.82, 2.24) is 15.1 Å². The third kappa shape index (κ3) is 3.91. The summed E-state index contributed by atoms with van der Waals surface area (Å²) in [5.74, 6) is 2.80. The molecule has 5 saturated carbocycles. The third-order valence-electron chi connectivity index (χ3n) is 9.58. The number of fused-ring (bicyclic) bond motifs is 1. The van der Waals surface area contributed by atoms with Crippen LogP contribution in [0.4, 0.5) is 0 Å². The van der Waals surface area contributed by atoms with Crippen molar-refractivity contribution in [2.24, 2.45) is 29.6 Å². The molecule has 5 fully saturated rings. The molecule has 1 heterocycles. The fourth-order valence-corrected chi connectivity index (χ4v) is 8.29. The van der Waals surface area contributed by atoms with Crippen LogP contribution in [0.5, 0.6) is 0 Å². The molecule has 0 spiro atoms. The van der Waals surface area contributed by atoms with Gasteiger partial charge in [0.2, 0.25) is 0 Å². The van der Waals surface area contributed by atoms with Gasteiger partial charge in [-0.05, 0) is 94.8 Å². The SMILES string of the molecule is CCOC(=O)C1CCc2c(c(C(=O)NC3C4CC5CC(C4)CC3C5)nn2C2CCCCC2)C1. The summed E-state index contributed by atoms with van der Waals surface area (Å²) in [7, 11) is 0. The lowest BCUT2D eigenvalue weighted by Gasteiger charge is -2.54. The summed E-state index contributed by atoms with van der Waals surface area (Å²) in [6, 6.07) is 0.708. The fraction of sp³-hybridized carbons (Fsp3) is 0.815. The van der Waals surface area contributed by atoms with Crippen molar-refractivity contribution in [3.63, 3.8) is 0 Å². The maximum atomic E-state index is 13.7. The van der Waals surface area contributed by atoms with E-state index >= 15 is 0 Å². The number of hydrogen-bond donors (Lipinski definition) is 1. The quantitative estimate of drug-likeness (QED) is 0.661. The molecule has 6 aliphatic rings. The third-order valence-corrected chi connectivity index (χ3v) is 9.58. The molecule has 0 aliphatic heterocycles. The Kier molecular flexibility index (Phi) is 5.74. The van der Waals surface area contributed by atoms with Gasteiger partial charge in [-0.3, -0.25) is 14.3 Å². The van der Waals surface area contributed by atoms with Crippen LogP contribution in [-0.2, 0) is 22.4 Å². The van der Waals surface area contributed by atoms with Crippen molar-refractivity contribution in [2.45, 2.75) is 102 Å². The van der Waals surface area contributed by atoms with Crippen LogP contribution in [0.1, 0.15) is 105 Å². The molecule has 0 radical (unpaired) electrons. The molecule has 7 rings (SSSR count). The molecular formula is C27H39N3O3. The molecule has 0 aromatic carbocycles. The molecule has 6 aliphatic carbocycles. The highest BCUT2D eigenvalue weighted by Crippen LogP contribution is 2.53. The predicted octanol–water partition coefficient (Wildman–Crippen LogP) is 4.61. The van der Waals surface area contributed by atoms with Crippen molar-refractivity contribution in [3.05, 3.63) is 17.0 Å². The summed E-state index contributed by atoms with van der Waals surface area (Å²) >= 11 is 0. The van der Waals surface area contributed by atoms with Crippen LogP contribution in [0, 0.1) is 29.6 Å². The highest BCUT2D eigenvalue weighted by atomic mass is 16.5. The summed E-state index contributed by atoms with van der Waals surface area (Å²) in [6.45, 7) is 2.26. The average molecular weight is 454 g/mol. The topological polar surface area (TPSA) is 73.2 Å². The van der Waals surface area contributed by atoms with E-state index in [1.807, 2.05) is 6.92 Å². The Hall–Kier alpha value is -1.85. The van der Waals surface area contributed by atoms with E-state index in [1.54, 1.807) is 0 Å². The molecule has 180 valence electrons. The average Bonchev–Trinajstić information content (AvgIpc) is 3.20. The van der Waals surface area contributed by atoms with Crippen molar-refractivity contribution in [3.8, 4) is 0 Å². The number of carbonyl (C=O) groups is 2. The van der Waals surface area contributed by atoms with Crippen molar-refractivity contribution >= 4 is 11.9 Å². The van der Waals surface area contributed by atoms with Crippen LogP contribution >= 0.6 is 0 Å². The van der Waals surface area contributed by atoms with E-state index in [0.29, 0.717) is 42.6 Å². The Labute approximate surface area is 197 Å². The van der Waals surface area contributed by atoms with E-state index < -0.39 is 0 Å². The first-order valence-electron chi connectivity index (χ1n) is 13.7. The number of nitrogens with zero attached hydrogens (tertiary/aromatic N) is 2. The lowest BCUT2D eigenvalue weighted by atomic mass is 9.54. The zero-order valence-corrected chi connectivity index (χ0v) is 20.1. The number of hydrogen-bond acceptors (Lipinski definition) is 4. The van der Waals surface area contributed by atoms with Crippen LogP contribution in [-0.4, -0.2) is 34.3 Å². The van der Waals surface area contributed by atoms with Crippen molar-refractivity contribution in [1.29, 1.82) is 0 Å². The first kappa shape index (κ1) is 21.7. The van der Waals surface area contributed by atoms with Gasteiger partial charge in [-0.15, -0.1) is 0 Å². The predicted molar refractivity (Wildman–Crippen MR) is 125 cm³/mol. The van der Waals surface area contributed by atoms with Gasteiger partial charge in [-0.1, -0.05) is 19.3 Å². The summed E-state index contributed by atoms with van der Waals surface area (Å²) in [4.78, 5) is 26.2. The van der Waals surface area contributed by atoms with Gasteiger partial charge in [0.05, 0.1) is 18.6 Å². The first-order chi connectivity index (χ1) is 16.1. The van der Waals surface area contributed by atoms with E-state index in [-0.39, 0.29) is 17.8 Å². The summed E-state index contributed by atoms with van der Waals surface area (Å²) in [5.41, 5.74) is 2.82. The smallest absolute Gasteiger partial charge is 0.309 e. The molecule has 4 bridgehead atoms. The van der Waals surface area contributed by atoms with Crippen LogP contribution in [0.25, 0.3) is 0 Å². The summed E-state index contributed by atoms with van der Waals surface area (Å²) < 4.78 is 7.54. The van der Waals surface area contributed by atoms with Crippen LogP contribution in [0.3, 0.4) is 0 Å². The second kappa shape index (κ2) is 8.74. The van der Waals surface area contributed by atoms with Crippen LogP contribution < -0.4 is 5.32 Å². The number of nitrogens with one attached hydrogen (secondary N) is 1. The van der Waals surface area contributed by atoms with Gasteiger partial charge in [0.1, 0.15) is 0 Å². The maximum absolute atomic E-state index is 13.7. The number of amides is 1. The zero-order chi connectivity index (χ0) is 22.5. The lowest BCUT2D eigenvalue weighted by Crippen LogP contribution is -2.56. The molecule has 1 aromatic rings. The van der Waals surface area contributed by atoms with Gasteiger partial charge in [0.15, 0.2) is 5.69 Å². The van der Waals surface area contributed by atoms with Crippen molar-refractivity contribution in [2.75, 3.05) is 6.61 Å². The van der Waals surface area contributed by atoms with E-state index in [0.717, 1.165) is 43.1 Å². The van der Waals surface area contributed by atoms with E-state index in [1.165, 1.54) is 57.1 Å². The summed E-state index contributed by atoms with van der Waals surface area (Å²) in [6.07, 6.45) is 14.8. The molecule has 33 heavy (non-hydrogen) atoms. The maximum Gasteiger partial charge on any atom is 0.309 e. The van der Waals surface area contributed by atoms with Gasteiger partial charge in [0.25, 0.3) is 5.91 Å². The fourth-order valence-electron chi connectivity index (χ4n) is 8.29. The summed E-state index contributed by atoms with van der Waals surface area (Å²) in [5, 5.41) is 8.47. The Bertz CT molecular complexity index is 888. The molecular weight excluding hydrogens is 414 g/mol. The van der Waals surface area contributed by atoms with Gasteiger partial charge >= 0.3 is 5.97 Å². The molecule has 6 nitrogen and oxygen atoms in total. The van der Waals surface area contributed by atoms with Gasteiger partial charge in [0, 0.05) is 17.3 Å². The molecule has 1 aromatic heterocycles. The number of rotatable bonds is 5. The van der Waals surface area contributed by atoms with E-state index in [2.05, 4.69) is 10.00 Å². The number of ether oxygens (including phenoxy) is 1. The number of aromatic nitrogens is 2. The molecule has 1 amide bonds. The number of carbonyl (C=O) groups excluding carboxylic acids is 2. The molecule has 1 N–H and O–H groups in total. The second-order valence-corrected chi connectivity index (χ2v) is 11.6. The molecule has 0 saturated heterocycles. The van der Waals surface area contributed by atoms with Crippen molar-refractivity contribution < 1.29 is 14.3 Å². The monoisotopic (exact) mass is 453 g/mol. The Balaban J connectivity index is 1.27. The minimum Gasteiger partial charge on any atom is -0.466 e. The standard InChI is InChI=1S/C27H39N3O3/c1-2-33-27(32)18-8-9-23-22(15-18)25(29-30(23)21-6-4-3-5-7-21)26(31)28-24-19-11-16-10-17(13-19)14-20(24)12-16/h16-21,24H,2-15H2,1H3,(H,28,31). The van der Waals surface area contributed by atoms with Crippen LogP contribution in [0.15, 0.2) is 0 Å². The zero-order valence-electron chi connectivity index (χ0n) is 20.1. The van der Waals surface area contributed by atoms with E-state index in [4.69, 9.17) is 9.84 Å².